The summed E-state index contributed by atoms with van der Waals surface area (Å²) >= 11 is 0. The van der Waals surface area contributed by atoms with Gasteiger partial charge in [-0.1, -0.05) is 18.2 Å². The van der Waals surface area contributed by atoms with E-state index in [0.29, 0.717) is 0 Å². The van der Waals surface area contributed by atoms with Gasteiger partial charge in [-0.2, -0.15) is 0 Å². The first-order valence-corrected chi connectivity index (χ1v) is 6.59. The molecule has 0 saturated heterocycles. The first-order chi connectivity index (χ1) is 10.1. The summed E-state index contributed by atoms with van der Waals surface area (Å²) in [6.07, 6.45) is 5.41. The van der Waals surface area contributed by atoms with E-state index in [0.717, 1.165) is 16.8 Å². The molecule has 2 rings (SSSR count). The van der Waals surface area contributed by atoms with E-state index in [1.165, 1.54) is 17.7 Å². The molecule has 0 N–H and O–H groups in total. The van der Waals surface area contributed by atoms with Crippen LogP contribution in [-0.2, 0) is 0 Å². The Kier molecular flexibility index (Phi) is 4.61. The summed E-state index contributed by atoms with van der Waals surface area (Å²) in [7, 11) is 0. The molecule has 2 aromatic rings. The van der Waals surface area contributed by atoms with Crippen molar-refractivity contribution in [2.24, 2.45) is 4.99 Å². The zero-order chi connectivity index (χ0) is 15.2. The van der Waals surface area contributed by atoms with Crippen LogP contribution in [0.25, 0.3) is 6.08 Å². The maximum atomic E-state index is 10.6. The van der Waals surface area contributed by atoms with Crippen LogP contribution in [0.5, 0.6) is 0 Å². The minimum Gasteiger partial charge on any atom is -0.258 e. The van der Waals surface area contributed by atoms with E-state index in [2.05, 4.69) is 11.1 Å². The molecule has 4 heteroatoms. The van der Waals surface area contributed by atoms with Gasteiger partial charge in [-0.25, -0.2) is 0 Å². The maximum absolute atomic E-state index is 10.6. The molecule has 2 aromatic carbocycles. The second-order valence-electron chi connectivity index (χ2n) is 4.78. The predicted molar refractivity (Wildman–Crippen MR) is 86.2 cm³/mol. The maximum Gasteiger partial charge on any atom is 0.269 e. The average Bonchev–Trinajstić information content (AvgIpc) is 2.47. The van der Waals surface area contributed by atoms with Crippen LogP contribution >= 0.6 is 0 Å². The van der Waals surface area contributed by atoms with Crippen LogP contribution in [0.3, 0.4) is 0 Å². The fourth-order valence-corrected chi connectivity index (χ4v) is 1.84. The molecule has 0 aliphatic heterocycles. The summed E-state index contributed by atoms with van der Waals surface area (Å²) in [6.45, 7) is 4.05. The highest BCUT2D eigenvalue weighted by atomic mass is 16.6. The Balaban J connectivity index is 2.06. The molecule has 0 fully saturated rings. The normalized spacial score (nSPS) is 11.3. The number of hydrogen-bond donors (Lipinski definition) is 0. The zero-order valence-corrected chi connectivity index (χ0v) is 12.0. The highest BCUT2D eigenvalue weighted by Gasteiger charge is 2.01. The molecular formula is C17H16N2O2. The minimum atomic E-state index is -0.407. The Morgan fingerprint density at radius 1 is 1.10 bits per heavy atom. The Bertz CT molecular complexity index is 701. The van der Waals surface area contributed by atoms with Gasteiger partial charge in [0.25, 0.3) is 5.69 Å². The molecule has 4 nitrogen and oxygen atoms in total. The van der Waals surface area contributed by atoms with Crippen molar-refractivity contribution < 1.29 is 4.92 Å². The molecule has 0 saturated carbocycles. The van der Waals surface area contributed by atoms with Crippen molar-refractivity contribution in [3.63, 3.8) is 0 Å². The fourth-order valence-electron chi connectivity index (χ4n) is 1.84. The summed E-state index contributed by atoms with van der Waals surface area (Å²) in [6, 6.07) is 12.5. The molecule has 0 aromatic heterocycles. The van der Waals surface area contributed by atoms with Gasteiger partial charge in [0.2, 0.25) is 0 Å². The molecule has 21 heavy (non-hydrogen) atoms. The molecule has 0 amide bonds. The number of aliphatic imine (C=N–C) groups is 1. The van der Waals surface area contributed by atoms with E-state index in [1.807, 2.05) is 38.1 Å². The number of allylic oxidation sites excluding steroid dienone is 1. The minimum absolute atomic E-state index is 0.0937. The van der Waals surface area contributed by atoms with E-state index >= 15 is 0 Å². The molecule has 0 aliphatic rings. The van der Waals surface area contributed by atoms with Crippen LogP contribution in [0.2, 0.25) is 0 Å². The van der Waals surface area contributed by atoms with Gasteiger partial charge in [0.1, 0.15) is 0 Å². The molecule has 0 atom stereocenters. The highest BCUT2D eigenvalue weighted by Crippen LogP contribution is 2.19. The Hall–Kier alpha value is -2.75. The SMILES string of the molecule is Cc1ccc(C)c(N=C/C=C/c2ccc([N+](=O)[O-])cc2)c1. The lowest BCUT2D eigenvalue weighted by molar-refractivity contribution is -0.384. The van der Waals surface area contributed by atoms with Crippen LogP contribution in [0.4, 0.5) is 11.4 Å². The Labute approximate surface area is 123 Å². The smallest absolute Gasteiger partial charge is 0.258 e. The van der Waals surface area contributed by atoms with Gasteiger partial charge in [-0.15, -0.1) is 0 Å². The lowest BCUT2D eigenvalue weighted by Gasteiger charge is -2.00. The number of hydrogen-bond acceptors (Lipinski definition) is 3. The lowest BCUT2D eigenvalue weighted by atomic mass is 10.1. The predicted octanol–water partition coefficient (Wildman–Crippen LogP) is 4.63. The monoisotopic (exact) mass is 280 g/mol. The van der Waals surface area contributed by atoms with Crippen molar-refractivity contribution in [1.29, 1.82) is 0 Å². The van der Waals surface area contributed by atoms with E-state index < -0.39 is 4.92 Å². The highest BCUT2D eigenvalue weighted by molar-refractivity contribution is 5.81. The van der Waals surface area contributed by atoms with E-state index in [1.54, 1.807) is 18.3 Å². The van der Waals surface area contributed by atoms with E-state index in [4.69, 9.17) is 0 Å². The molecule has 0 aliphatic carbocycles. The number of non-ortho nitro benzene ring substituents is 1. The molecule has 106 valence electrons. The Morgan fingerprint density at radius 3 is 2.48 bits per heavy atom. The molecule has 0 radical (unpaired) electrons. The Morgan fingerprint density at radius 2 is 1.81 bits per heavy atom. The van der Waals surface area contributed by atoms with Crippen molar-refractivity contribution >= 4 is 23.7 Å². The largest absolute Gasteiger partial charge is 0.269 e. The second kappa shape index (κ2) is 6.61. The quantitative estimate of drug-likeness (QED) is 0.466. The van der Waals surface area contributed by atoms with Crippen molar-refractivity contribution in [3.8, 4) is 0 Å². The molecule has 0 bridgehead atoms. The van der Waals surface area contributed by atoms with Gasteiger partial charge in [0, 0.05) is 18.3 Å². The fraction of sp³-hybridized carbons (Fsp3) is 0.118. The lowest BCUT2D eigenvalue weighted by Crippen LogP contribution is -1.86. The van der Waals surface area contributed by atoms with E-state index in [9.17, 15) is 10.1 Å². The number of rotatable bonds is 4. The van der Waals surface area contributed by atoms with Crippen molar-refractivity contribution in [2.45, 2.75) is 13.8 Å². The van der Waals surface area contributed by atoms with Crippen molar-refractivity contribution in [1.82, 2.24) is 0 Å². The average molecular weight is 280 g/mol. The number of nitro groups is 1. The third-order valence-corrected chi connectivity index (χ3v) is 3.06. The first kappa shape index (κ1) is 14.7. The van der Waals surface area contributed by atoms with Crippen LogP contribution in [0.15, 0.2) is 53.5 Å². The molecular weight excluding hydrogens is 264 g/mol. The summed E-state index contributed by atoms with van der Waals surface area (Å²) in [5.41, 5.74) is 4.24. The molecule has 0 unspecified atom stereocenters. The summed E-state index contributed by atoms with van der Waals surface area (Å²) in [5.74, 6) is 0. The molecule has 0 heterocycles. The van der Waals surface area contributed by atoms with Gasteiger partial charge >= 0.3 is 0 Å². The van der Waals surface area contributed by atoms with Crippen molar-refractivity contribution in [3.05, 3.63) is 75.3 Å². The number of nitrogens with zero attached hydrogens (tertiary/aromatic N) is 2. The number of nitro benzene ring substituents is 1. The topological polar surface area (TPSA) is 55.5 Å². The van der Waals surface area contributed by atoms with E-state index in [-0.39, 0.29) is 5.69 Å². The van der Waals surface area contributed by atoms with Gasteiger partial charge in [0.15, 0.2) is 0 Å². The number of benzene rings is 2. The molecule has 0 spiro atoms. The van der Waals surface area contributed by atoms with Gasteiger partial charge < -0.3 is 0 Å². The third kappa shape index (κ3) is 4.11. The van der Waals surface area contributed by atoms with Crippen LogP contribution in [-0.4, -0.2) is 11.1 Å². The third-order valence-electron chi connectivity index (χ3n) is 3.06. The summed E-state index contributed by atoms with van der Waals surface area (Å²) in [4.78, 5) is 14.6. The van der Waals surface area contributed by atoms with Crippen LogP contribution in [0.1, 0.15) is 16.7 Å². The second-order valence-corrected chi connectivity index (χ2v) is 4.78. The van der Waals surface area contributed by atoms with Crippen molar-refractivity contribution in [2.75, 3.05) is 0 Å². The summed E-state index contributed by atoms with van der Waals surface area (Å²) in [5, 5.41) is 10.6. The zero-order valence-electron chi connectivity index (χ0n) is 12.0. The standard InChI is InChI=1S/C17H16N2O2/c1-13-5-6-14(2)17(12-13)18-11-3-4-15-7-9-16(10-8-15)19(20)21/h3-12H,1-2H3/b4-3+,18-11?. The van der Waals surface area contributed by atoms with Gasteiger partial charge in [-0.05, 0) is 54.8 Å². The first-order valence-electron chi connectivity index (χ1n) is 6.59. The number of aryl methyl sites for hydroxylation is 2. The van der Waals surface area contributed by atoms with Crippen LogP contribution < -0.4 is 0 Å². The van der Waals surface area contributed by atoms with Gasteiger partial charge in [0.05, 0.1) is 10.6 Å². The summed E-state index contributed by atoms with van der Waals surface area (Å²) < 4.78 is 0. The van der Waals surface area contributed by atoms with Gasteiger partial charge in [-0.3, -0.25) is 15.1 Å². The van der Waals surface area contributed by atoms with Crippen LogP contribution in [0, 0.1) is 24.0 Å².